The van der Waals surface area contributed by atoms with Crippen LogP contribution in [0, 0.1) is 5.92 Å². The van der Waals surface area contributed by atoms with Gasteiger partial charge in [0.25, 0.3) is 0 Å². The van der Waals surface area contributed by atoms with Gasteiger partial charge in [-0.2, -0.15) is 0 Å². The average molecular weight is 430 g/mol. The molecule has 0 saturated carbocycles. The van der Waals surface area contributed by atoms with Gasteiger partial charge in [0, 0.05) is 18.8 Å². The quantitative estimate of drug-likeness (QED) is 0.731. The van der Waals surface area contributed by atoms with Gasteiger partial charge in [-0.3, -0.25) is 9.10 Å². The first kappa shape index (κ1) is 22.2. The van der Waals surface area contributed by atoms with Crippen molar-refractivity contribution in [2.75, 3.05) is 35.1 Å². The second kappa shape index (κ2) is 9.51. The molecule has 0 aliphatic carbocycles. The van der Waals surface area contributed by atoms with Crippen molar-refractivity contribution in [1.29, 1.82) is 0 Å². The lowest BCUT2D eigenvalue weighted by Gasteiger charge is -2.33. The SMILES string of the molecule is C[C@@H]1CCCN(c2ccc([C@H](C)NC(=O)CN(c3ccccc3)S(C)(=O)=O)cc2)C1. The minimum atomic E-state index is -3.57. The highest BCUT2D eigenvalue weighted by molar-refractivity contribution is 7.92. The van der Waals surface area contributed by atoms with Crippen LogP contribution in [0.2, 0.25) is 0 Å². The van der Waals surface area contributed by atoms with E-state index in [2.05, 4.69) is 29.3 Å². The Kier molecular flexibility index (Phi) is 7.02. The van der Waals surface area contributed by atoms with Gasteiger partial charge < -0.3 is 10.2 Å². The molecule has 30 heavy (non-hydrogen) atoms. The van der Waals surface area contributed by atoms with Gasteiger partial charge in [-0.1, -0.05) is 37.3 Å². The van der Waals surface area contributed by atoms with Gasteiger partial charge in [0.2, 0.25) is 15.9 Å². The van der Waals surface area contributed by atoms with Gasteiger partial charge in [-0.05, 0) is 55.5 Å². The number of piperidine rings is 1. The number of hydrogen-bond acceptors (Lipinski definition) is 4. The zero-order chi connectivity index (χ0) is 21.7. The summed E-state index contributed by atoms with van der Waals surface area (Å²) in [6.07, 6.45) is 3.61. The van der Waals surface area contributed by atoms with Gasteiger partial charge >= 0.3 is 0 Å². The van der Waals surface area contributed by atoms with Crippen LogP contribution in [-0.2, 0) is 14.8 Å². The molecule has 162 valence electrons. The molecule has 0 radical (unpaired) electrons. The minimum absolute atomic E-state index is 0.219. The Hall–Kier alpha value is -2.54. The first-order chi connectivity index (χ1) is 14.2. The Morgan fingerprint density at radius 3 is 2.43 bits per heavy atom. The van der Waals surface area contributed by atoms with Crippen LogP contribution in [0.1, 0.15) is 38.3 Å². The molecule has 2 aromatic carbocycles. The Labute approximate surface area is 179 Å². The van der Waals surface area contributed by atoms with Crippen LogP contribution < -0.4 is 14.5 Å². The first-order valence-corrected chi connectivity index (χ1v) is 12.3. The van der Waals surface area contributed by atoms with Crippen LogP contribution in [0.15, 0.2) is 54.6 Å². The maximum absolute atomic E-state index is 12.6. The Balaban J connectivity index is 1.63. The summed E-state index contributed by atoms with van der Waals surface area (Å²) >= 11 is 0. The van der Waals surface area contributed by atoms with Gasteiger partial charge in [0.05, 0.1) is 18.0 Å². The molecular weight excluding hydrogens is 398 g/mol. The van der Waals surface area contributed by atoms with E-state index in [1.807, 2.05) is 19.1 Å². The second-order valence-electron chi connectivity index (χ2n) is 8.18. The standard InChI is InChI=1S/C23H31N3O3S/c1-18-8-7-15-25(16-18)21-13-11-20(12-14-21)19(2)24-23(27)17-26(30(3,28)29)22-9-5-4-6-10-22/h4-6,9-14,18-19H,7-8,15-17H2,1-3H3,(H,24,27)/t18-,19+/m1/s1. The molecule has 2 atom stereocenters. The molecule has 6 nitrogen and oxygen atoms in total. The van der Waals surface area contributed by atoms with Crippen LogP contribution in [0.4, 0.5) is 11.4 Å². The van der Waals surface area contributed by atoms with Gasteiger partial charge in [-0.25, -0.2) is 8.42 Å². The van der Waals surface area contributed by atoms with E-state index in [0.717, 1.165) is 29.2 Å². The molecule has 1 fully saturated rings. The minimum Gasteiger partial charge on any atom is -0.371 e. The third-order valence-electron chi connectivity index (χ3n) is 5.52. The smallest absolute Gasteiger partial charge is 0.241 e. The van der Waals surface area contributed by atoms with Crippen LogP contribution in [0.5, 0.6) is 0 Å². The van der Waals surface area contributed by atoms with Crippen molar-refractivity contribution < 1.29 is 13.2 Å². The van der Waals surface area contributed by atoms with Crippen molar-refractivity contribution in [3.8, 4) is 0 Å². The summed E-state index contributed by atoms with van der Waals surface area (Å²) in [6.45, 7) is 6.09. The van der Waals surface area contributed by atoms with Crippen molar-refractivity contribution >= 4 is 27.3 Å². The molecule has 0 aromatic heterocycles. The summed E-state index contributed by atoms with van der Waals surface area (Å²) < 4.78 is 25.5. The number of benzene rings is 2. The number of nitrogens with one attached hydrogen (secondary N) is 1. The molecule has 0 unspecified atom stereocenters. The normalized spacial score (nSPS) is 18.0. The van der Waals surface area contributed by atoms with E-state index >= 15 is 0 Å². The lowest BCUT2D eigenvalue weighted by molar-refractivity contribution is -0.120. The highest BCUT2D eigenvalue weighted by Gasteiger charge is 2.22. The van der Waals surface area contributed by atoms with Crippen molar-refractivity contribution in [2.24, 2.45) is 5.92 Å². The number of amides is 1. The molecule has 1 aliphatic heterocycles. The fourth-order valence-corrected chi connectivity index (χ4v) is 4.75. The lowest BCUT2D eigenvalue weighted by atomic mass is 9.99. The summed E-state index contributed by atoms with van der Waals surface area (Å²) in [5, 5.41) is 2.92. The Bertz CT molecular complexity index is 945. The molecule has 1 N–H and O–H groups in total. The van der Waals surface area contributed by atoms with E-state index in [4.69, 9.17) is 0 Å². The van der Waals surface area contributed by atoms with E-state index in [1.165, 1.54) is 18.5 Å². The average Bonchev–Trinajstić information content (AvgIpc) is 2.72. The zero-order valence-corrected chi connectivity index (χ0v) is 18.7. The molecule has 0 bridgehead atoms. The summed E-state index contributed by atoms with van der Waals surface area (Å²) in [6, 6.07) is 16.7. The maximum atomic E-state index is 12.6. The van der Waals surface area contributed by atoms with Crippen LogP contribution in [-0.4, -0.2) is 40.2 Å². The Morgan fingerprint density at radius 1 is 1.17 bits per heavy atom. The van der Waals surface area contributed by atoms with Crippen LogP contribution >= 0.6 is 0 Å². The number of carbonyl (C=O) groups excluding carboxylic acids is 1. The first-order valence-electron chi connectivity index (χ1n) is 10.4. The highest BCUT2D eigenvalue weighted by Crippen LogP contribution is 2.25. The topological polar surface area (TPSA) is 69.7 Å². The molecular formula is C23H31N3O3S. The van der Waals surface area contributed by atoms with Crippen LogP contribution in [0.3, 0.4) is 0 Å². The number of sulfonamides is 1. The second-order valence-corrected chi connectivity index (χ2v) is 10.1. The van der Waals surface area contributed by atoms with E-state index in [9.17, 15) is 13.2 Å². The Morgan fingerprint density at radius 2 is 1.83 bits per heavy atom. The van der Waals surface area contributed by atoms with Crippen molar-refractivity contribution in [2.45, 2.75) is 32.7 Å². The van der Waals surface area contributed by atoms with Crippen LogP contribution in [0.25, 0.3) is 0 Å². The molecule has 1 heterocycles. The van der Waals surface area contributed by atoms with Gasteiger partial charge in [-0.15, -0.1) is 0 Å². The van der Waals surface area contributed by atoms with Crippen molar-refractivity contribution in [3.05, 3.63) is 60.2 Å². The predicted molar refractivity (Wildman–Crippen MR) is 122 cm³/mol. The van der Waals surface area contributed by atoms with E-state index in [0.29, 0.717) is 11.6 Å². The molecule has 2 aromatic rings. The van der Waals surface area contributed by atoms with Gasteiger partial charge in [0.15, 0.2) is 0 Å². The monoisotopic (exact) mass is 429 g/mol. The fraction of sp³-hybridized carbons (Fsp3) is 0.435. The number of para-hydroxylation sites is 1. The largest absolute Gasteiger partial charge is 0.371 e. The summed E-state index contributed by atoms with van der Waals surface area (Å²) in [5.74, 6) is 0.366. The fourth-order valence-electron chi connectivity index (χ4n) is 3.89. The van der Waals surface area contributed by atoms with E-state index < -0.39 is 10.0 Å². The number of nitrogens with zero attached hydrogens (tertiary/aromatic N) is 2. The lowest BCUT2D eigenvalue weighted by Crippen LogP contribution is -2.41. The number of anilines is 2. The molecule has 3 rings (SSSR count). The number of hydrogen-bond donors (Lipinski definition) is 1. The molecule has 7 heteroatoms. The third kappa shape index (κ3) is 5.75. The summed E-state index contributed by atoms with van der Waals surface area (Å²) in [5.41, 5.74) is 2.67. The molecule has 1 aliphatic rings. The zero-order valence-electron chi connectivity index (χ0n) is 17.9. The molecule has 1 saturated heterocycles. The molecule has 0 spiro atoms. The summed E-state index contributed by atoms with van der Waals surface area (Å²) in [7, 11) is -3.57. The van der Waals surface area contributed by atoms with Crippen molar-refractivity contribution in [3.63, 3.8) is 0 Å². The summed E-state index contributed by atoms with van der Waals surface area (Å²) in [4.78, 5) is 15.0. The van der Waals surface area contributed by atoms with Gasteiger partial charge in [0.1, 0.15) is 6.54 Å². The number of rotatable bonds is 7. The highest BCUT2D eigenvalue weighted by atomic mass is 32.2. The third-order valence-corrected chi connectivity index (χ3v) is 6.67. The van der Waals surface area contributed by atoms with E-state index in [1.54, 1.807) is 30.3 Å². The van der Waals surface area contributed by atoms with Crippen molar-refractivity contribution in [1.82, 2.24) is 5.32 Å². The maximum Gasteiger partial charge on any atom is 0.241 e. The predicted octanol–water partition coefficient (Wildman–Crippen LogP) is 3.57. The van der Waals surface area contributed by atoms with E-state index in [-0.39, 0.29) is 18.5 Å². The number of carbonyl (C=O) groups is 1. The molecule has 1 amide bonds.